The Morgan fingerprint density at radius 1 is 1.43 bits per heavy atom. The molecule has 1 heterocycles. The summed E-state index contributed by atoms with van der Waals surface area (Å²) in [7, 11) is 0. The van der Waals surface area contributed by atoms with Gasteiger partial charge in [0.1, 0.15) is 0 Å². The number of benzene rings is 1. The van der Waals surface area contributed by atoms with Gasteiger partial charge in [0.25, 0.3) is 0 Å². The minimum absolute atomic E-state index is 0.0297. The smallest absolute Gasteiger partial charge is 0.220 e. The molecule has 1 amide bonds. The molecule has 1 aliphatic heterocycles. The first-order valence-corrected chi connectivity index (χ1v) is 7.54. The van der Waals surface area contributed by atoms with Gasteiger partial charge in [0.2, 0.25) is 5.91 Å². The molecule has 1 aliphatic rings. The molecule has 1 aromatic carbocycles. The van der Waals surface area contributed by atoms with Gasteiger partial charge in [-0.2, -0.15) is 0 Å². The number of rotatable bonds is 7. The lowest BCUT2D eigenvalue weighted by molar-refractivity contribution is -0.121. The van der Waals surface area contributed by atoms with Crippen LogP contribution in [0, 0.1) is 0 Å². The Bertz CT molecular complexity index is 487. The number of β-amino-alcohol motifs (C(OH)–C–C–N with tert-alkyl or cyclic N) is 1. The van der Waals surface area contributed by atoms with E-state index in [0.29, 0.717) is 25.9 Å². The summed E-state index contributed by atoms with van der Waals surface area (Å²) < 4.78 is 0. The summed E-state index contributed by atoms with van der Waals surface area (Å²) in [6.45, 7) is 6.32. The average Bonchev–Trinajstić information content (AvgIpc) is 2.50. The summed E-state index contributed by atoms with van der Waals surface area (Å²) >= 11 is 0. The lowest BCUT2D eigenvalue weighted by atomic mass is 10.00. The molecule has 21 heavy (non-hydrogen) atoms. The molecule has 0 fully saturated rings. The highest BCUT2D eigenvalue weighted by Gasteiger charge is 2.18. The van der Waals surface area contributed by atoms with Crippen molar-refractivity contribution in [3.8, 4) is 0 Å². The molecule has 4 nitrogen and oxygen atoms in total. The molecule has 4 heteroatoms. The van der Waals surface area contributed by atoms with E-state index in [0.717, 1.165) is 19.5 Å². The highest BCUT2D eigenvalue weighted by molar-refractivity contribution is 5.75. The molecule has 1 unspecified atom stereocenters. The maximum absolute atomic E-state index is 11.5. The third-order valence-corrected chi connectivity index (χ3v) is 3.79. The van der Waals surface area contributed by atoms with E-state index >= 15 is 0 Å². The molecule has 0 spiro atoms. The number of carbonyl (C=O) groups is 1. The molecule has 1 atom stereocenters. The molecule has 0 aromatic heterocycles. The number of fused-ring (bicyclic) bond motifs is 1. The van der Waals surface area contributed by atoms with Gasteiger partial charge >= 0.3 is 0 Å². The number of carbonyl (C=O) groups excluding carboxylic acids is 1. The standard InChI is InChI=1S/C17H24N2O2/c1-2-3-8-17(21)18-11-16(20)13-19-10-9-14-6-4-5-7-15(14)12-19/h2,4-7,16,20H,1,3,8-13H2,(H,18,21). The number of nitrogens with zero attached hydrogens (tertiary/aromatic N) is 1. The number of allylic oxidation sites excluding steroid dienone is 1. The number of hydrogen-bond donors (Lipinski definition) is 2. The van der Waals surface area contributed by atoms with Crippen LogP contribution in [0.3, 0.4) is 0 Å². The molecule has 0 saturated carbocycles. The lowest BCUT2D eigenvalue weighted by Crippen LogP contribution is -2.41. The topological polar surface area (TPSA) is 52.6 Å². The number of amides is 1. The Morgan fingerprint density at radius 2 is 2.19 bits per heavy atom. The Kier molecular flexibility index (Phi) is 5.96. The van der Waals surface area contributed by atoms with Crippen molar-refractivity contribution in [2.45, 2.75) is 31.9 Å². The van der Waals surface area contributed by atoms with Crippen LogP contribution < -0.4 is 5.32 Å². The third kappa shape index (κ3) is 4.99. The van der Waals surface area contributed by atoms with Gasteiger partial charge in [-0.1, -0.05) is 30.3 Å². The normalized spacial score (nSPS) is 16.0. The van der Waals surface area contributed by atoms with E-state index in [1.54, 1.807) is 6.08 Å². The number of nitrogens with one attached hydrogen (secondary N) is 1. The van der Waals surface area contributed by atoms with E-state index in [-0.39, 0.29) is 5.91 Å². The minimum Gasteiger partial charge on any atom is -0.390 e. The Balaban J connectivity index is 1.73. The molecule has 2 N–H and O–H groups in total. The molecule has 0 saturated heterocycles. The Morgan fingerprint density at radius 3 is 2.95 bits per heavy atom. The van der Waals surface area contributed by atoms with Gasteiger partial charge in [0.05, 0.1) is 6.10 Å². The Labute approximate surface area is 126 Å². The molecule has 2 rings (SSSR count). The zero-order valence-electron chi connectivity index (χ0n) is 12.4. The van der Waals surface area contributed by atoms with Gasteiger partial charge in [0.15, 0.2) is 0 Å². The van der Waals surface area contributed by atoms with Crippen molar-refractivity contribution < 1.29 is 9.90 Å². The van der Waals surface area contributed by atoms with Crippen LogP contribution in [-0.2, 0) is 17.8 Å². The van der Waals surface area contributed by atoms with Gasteiger partial charge in [-0.3, -0.25) is 9.69 Å². The van der Waals surface area contributed by atoms with Gasteiger partial charge in [-0.05, 0) is 24.0 Å². The fraction of sp³-hybridized carbons (Fsp3) is 0.471. The summed E-state index contributed by atoms with van der Waals surface area (Å²) in [4.78, 5) is 13.7. The molecule has 0 aliphatic carbocycles. The molecule has 114 valence electrons. The zero-order valence-corrected chi connectivity index (χ0v) is 12.4. The van der Waals surface area contributed by atoms with Gasteiger partial charge < -0.3 is 10.4 Å². The van der Waals surface area contributed by atoms with Crippen LogP contribution in [0.15, 0.2) is 36.9 Å². The third-order valence-electron chi connectivity index (χ3n) is 3.79. The van der Waals surface area contributed by atoms with Crippen molar-refractivity contribution in [1.82, 2.24) is 10.2 Å². The van der Waals surface area contributed by atoms with E-state index < -0.39 is 6.10 Å². The van der Waals surface area contributed by atoms with Crippen molar-refractivity contribution in [2.75, 3.05) is 19.6 Å². The summed E-state index contributed by atoms with van der Waals surface area (Å²) in [6, 6.07) is 8.44. The second-order valence-corrected chi connectivity index (χ2v) is 5.54. The summed E-state index contributed by atoms with van der Waals surface area (Å²) in [5, 5.41) is 12.8. The van der Waals surface area contributed by atoms with Gasteiger partial charge in [-0.15, -0.1) is 6.58 Å². The van der Waals surface area contributed by atoms with Crippen LogP contribution >= 0.6 is 0 Å². The van der Waals surface area contributed by atoms with Crippen LogP contribution in [0.4, 0.5) is 0 Å². The van der Waals surface area contributed by atoms with Crippen molar-refractivity contribution in [3.63, 3.8) is 0 Å². The predicted molar refractivity (Wildman–Crippen MR) is 83.9 cm³/mol. The first kappa shape index (κ1) is 15.7. The summed E-state index contributed by atoms with van der Waals surface area (Å²) in [6.07, 6.45) is 3.33. The summed E-state index contributed by atoms with van der Waals surface area (Å²) in [5.41, 5.74) is 2.74. The number of hydrogen-bond acceptors (Lipinski definition) is 3. The quantitative estimate of drug-likeness (QED) is 0.747. The van der Waals surface area contributed by atoms with Crippen molar-refractivity contribution >= 4 is 5.91 Å². The van der Waals surface area contributed by atoms with Crippen LogP contribution in [0.1, 0.15) is 24.0 Å². The molecule has 0 bridgehead atoms. The fourth-order valence-corrected chi connectivity index (χ4v) is 2.63. The first-order chi connectivity index (χ1) is 10.2. The molecular formula is C17H24N2O2. The monoisotopic (exact) mass is 288 g/mol. The van der Waals surface area contributed by atoms with Gasteiger partial charge in [0, 0.05) is 32.6 Å². The van der Waals surface area contributed by atoms with E-state index in [9.17, 15) is 9.90 Å². The molecular weight excluding hydrogens is 264 g/mol. The SMILES string of the molecule is C=CCCC(=O)NCC(O)CN1CCc2ccccc2C1. The van der Waals surface area contributed by atoms with Crippen LogP contribution in [0.25, 0.3) is 0 Å². The maximum atomic E-state index is 11.5. The van der Waals surface area contributed by atoms with E-state index in [4.69, 9.17) is 0 Å². The predicted octanol–water partition coefficient (Wildman–Crippen LogP) is 1.49. The van der Waals surface area contributed by atoms with Crippen molar-refractivity contribution in [3.05, 3.63) is 48.0 Å². The molecule has 0 radical (unpaired) electrons. The van der Waals surface area contributed by atoms with E-state index in [1.165, 1.54) is 11.1 Å². The lowest BCUT2D eigenvalue weighted by Gasteiger charge is -2.30. The van der Waals surface area contributed by atoms with Gasteiger partial charge in [-0.25, -0.2) is 0 Å². The highest BCUT2D eigenvalue weighted by atomic mass is 16.3. The van der Waals surface area contributed by atoms with E-state index in [2.05, 4.69) is 41.1 Å². The largest absolute Gasteiger partial charge is 0.390 e. The summed E-state index contributed by atoms with van der Waals surface area (Å²) in [5.74, 6) is -0.0297. The number of aliphatic hydroxyl groups is 1. The first-order valence-electron chi connectivity index (χ1n) is 7.54. The average molecular weight is 288 g/mol. The molecule has 1 aromatic rings. The highest BCUT2D eigenvalue weighted by Crippen LogP contribution is 2.18. The van der Waals surface area contributed by atoms with Crippen LogP contribution in [0.2, 0.25) is 0 Å². The van der Waals surface area contributed by atoms with Crippen molar-refractivity contribution in [2.24, 2.45) is 0 Å². The van der Waals surface area contributed by atoms with Crippen LogP contribution in [0.5, 0.6) is 0 Å². The minimum atomic E-state index is -0.525. The maximum Gasteiger partial charge on any atom is 0.220 e. The second-order valence-electron chi connectivity index (χ2n) is 5.54. The number of aliphatic hydroxyl groups excluding tert-OH is 1. The van der Waals surface area contributed by atoms with Crippen molar-refractivity contribution in [1.29, 1.82) is 0 Å². The van der Waals surface area contributed by atoms with Crippen LogP contribution in [-0.4, -0.2) is 41.7 Å². The second kappa shape index (κ2) is 7.96. The zero-order chi connectivity index (χ0) is 15.1. The Hall–Kier alpha value is -1.65. The van der Waals surface area contributed by atoms with E-state index in [1.807, 2.05) is 0 Å². The fourth-order valence-electron chi connectivity index (χ4n) is 2.63.